The largest absolute Gasteiger partial charge is 0.503 e. The number of allylic oxidation sites excluding steroid dienone is 1. The Bertz CT molecular complexity index is 673. The van der Waals surface area contributed by atoms with Gasteiger partial charge < -0.3 is 10.8 Å². The number of aromatic hydroxyl groups is 1. The van der Waals surface area contributed by atoms with Crippen molar-refractivity contribution in [3.8, 4) is 5.75 Å². The molecular formula is C15H11F2NO2. The molecule has 102 valence electrons. The third-order valence-electron chi connectivity index (χ3n) is 2.69. The number of hydrogen-bond acceptors (Lipinski definition) is 3. The van der Waals surface area contributed by atoms with E-state index in [1.165, 1.54) is 6.08 Å². The number of phenolic OH excluding ortho intramolecular Hbond substituents is 1. The fourth-order valence-electron chi connectivity index (χ4n) is 1.66. The zero-order valence-corrected chi connectivity index (χ0v) is 10.3. The van der Waals surface area contributed by atoms with Gasteiger partial charge in [0.2, 0.25) is 0 Å². The summed E-state index contributed by atoms with van der Waals surface area (Å²) in [4.78, 5) is 11.9. The van der Waals surface area contributed by atoms with Gasteiger partial charge in [-0.15, -0.1) is 0 Å². The topological polar surface area (TPSA) is 63.3 Å². The number of benzene rings is 2. The first kappa shape index (κ1) is 13.7. The molecule has 0 bridgehead atoms. The van der Waals surface area contributed by atoms with Crippen LogP contribution >= 0.6 is 0 Å². The average molecular weight is 275 g/mol. The molecule has 3 nitrogen and oxygen atoms in total. The van der Waals surface area contributed by atoms with Crippen LogP contribution in [0.1, 0.15) is 15.9 Å². The quantitative estimate of drug-likeness (QED) is 0.514. The maximum atomic E-state index is 13.1. The normalized spacial score (nSPS) is 10.9. The summed E-state index contributed by atoms with van der Waals surface area (Å²) in [6.07, 6.45) is 2.41. The van der Waals surface area contributed by atoms with Gasteiger partial charge in [0.25, 0.3) is 0 Å². The van der Waals surface area contributed by atoms with E-state index in [2.05, 4.69) is 0 Å². The van der Waals surface area contributed by atoms with Crippen LogP contribution in [0.25, 0.3) is 6.08 Å². The van der Waals surface area contributed by atoms with Gasteiger partial charge in [-0.2, -0.15) is 0 Å². The lowest BCUT2D eigenvalue weighted by atomic mass is 10.1. The molecule has 0 atom stereocenters. The Morgan fingerprint density at radius 1 is 1.15 bits per heavy atom. The molecule has 0 saturated heterocycles. The van der Waals surface area contributed by atoms with E-state index in [0.717, 1.165) is 18.2 Å². The molecule has 0 fully saturated rings. The van der Waals surface area contributed by atoms with Gasteiger partial charge in [-0.25, -0.2) is 8.78 Å². The molecule has 0 aliphatic rings. The number of phenols is 1. The highest BCUT2D eigenvalue weighted by molar-refractivity contribution is 6.10. The number of nitrogens with two attached hydrogens (primary N) is 1. The van der Waals surface area contributed by atoms with Gasteiger partial charge in [0, 0.05) is 11.3 Å². The van der Waals surface area contributed by atoms with E-state index in [-0.39, 0.29) is 11.3 Å². The Kier molecular flexibility index (Phi) is 3.79. The SMILES string of the molecule is Nc1ccccc1C(=O)/C=C/c1cc(F)c(O)c(F)c1. The van der Waals surface area contributed by atoms with Crippen LogP contribution in [0.5, 0.6) is 5.75 Å². The highest BCUT2D eigenvalue weighted by Gasteiger charge is 2.09. The van der Waals surface area contributed by atoms with Crippen LogP contribution in [0.15, 0.2) is 42.5 Å². The van der Waals surface area contributed by atoms with Crippen LogP contribution in [-0.2, 0) is 0 Å². The summed E-state index contributed by atoms with van der Waals surface area (Å²) in [5, 5.41) is 8.96. The lowest BCUT2D eigenvalue weighted by Gasteiger charge is -2.01. The monoisotopic (exact) mass is 275 g/mol. The van der Waals surface area contributed by atoms with Crippen LogP contribution in [0.4, 0.5) is 14.5 Å². The lowest BCUT2D eigenvalue weighted by Crippen LogP contribution is -2.00. The third kappa shape index (κ3) is 2.83. The predicted octanol–water partition coefficient (Wildman–Crippen LogP) is 3.15. The van der Waals surface area contributed by atoms with Crippen molar-refractivity contribution in [2.75, 3.05) is 5.73 Å². The number of halogens is 2. The smallest absolute Gasteiger partial charge is 0.187 e. The summed E-state index contributed by atoms with van der Waals surface area (Å²) in [7, 11) is 0. The molecule has 2 aromatic rings. The highest BCUT2D eigenvalue weighted by Crippen LogP contribution is 2.22. The lowest BCUT2D eigenvalue weighted by molar-refractivity contribution is 0.104. The second-order valence-corrected chi connectivity index (χ2v) is 4.12. The molecule has 20 heavy (non-hydrogen) atoms. The standard InChI is InChI=1S/C15H11F2NO2/c16-11-7-9(8-12(17)15(11)20)5-6-14(19)10-3-1-2-4-13(10)18/h1-8,20H,18H2/b6-5+. The first-order valence-electron chi connectivity index (χ1n) is 5.74. The number of para-hydroxylation sites is 1. The Hall–Kier alpha value is -2.69. The van der Waals surface area contributed by atoms with Crippen molar-refractivity contribution in [3.05, 3.63) is 65.2 Å². The zero-order chi connectivity index (χ0) is 14.7. The van der Waals surface area contributed by atoms with Crippen molar-refractivity contribution >= 4 is 17.5 Å². The van der Waals surface area contributed by atoms with Crippen molar-refractivity contribution in [3.63, 3.8) is 0 Å². The molecule has 0 aliphatic carbocycles. The number of nitrogen functional groups attached to an aromatic ring is 1. The van der Waals surface area contributed by atoms with Gasteiger partial charge in [-0.05, 0) is 35.9 Å². The molecule has 0 saturated carbocycles. The van der Waals surface area contributed by atoms with E-state index in [1.54, 1.807) is 24.3 Å². The van der Waals surface area contributed by atoms with E-state index in [0.29, 0.717) is 11.3 Å². The number of rotatable bonds is 3. The predicted molar refractivity (Wildman–Crippen MR) is 72.2 cm³/mol. The van der Waals surface area contributed by atoms with E-state index in [9.17, 15) is 13.6 Å². The second kappa shape index (κ2) is 5.52. The van der Waals surface area contributed by atoms with Gasteiger partial charge in [0.05, 0.1) is 0 Å². The average Bonchev–Trinajstić information content (AvgIpc) is 2.42. The molecule has 0 aromatic heterocycles. The molecule has 0 aliphatic heterocycles. The number of carbonyl (C=O) groups excluding carboxylic acids is 1. The number of anilines is 1. The van der Waals surface area contributed by atoms with E-state index >= 15 is 0 Å². The molecular weight excluding hydrogens is 264 g/mol. The molecule has 0 heterocycles. The number of hydrogen-bond donors (Lipinski definition) is 2. The van der Waals surface area contributed by atoms with E-state index < -0.39 is 17.4 Å². The molecule has 0 amide bonds. The highest BCUT2D eigenvalue weighted by atomic mass is 19.1. The molecule has 2 aromatic carbocycles. The molecule has 0 radical (unpaired) electrons. The van der Waals surface area contributed by atoms with Gasteiger partial charge in [0.1, 0.15) is 0 Å². The Labute approximate surface area is 114 Å². The summed E-state index contributed by atoms with van der Waals surface area (Å²) >= 11 is 0. The summed E-state index contributed by atoms with van der Waals surface area (Å²) in [6.45, 7) is 0. The van der Waals surface area contributed by atoms with Crippen LogP contribution < -0.4 is 5.73 Å². The van der Waals surface area contributed by atoms with E-state index in [4.69, 9.17) is 10.8 Å². The fraction of sp³-hybridized carbons (Fsp3) is 0. The zero-order valence-electron chi connectivity index (χ0n) is 10.3. The minimum absolute atomic E-state index is 0.126. The number of ketones is 1. The van der Waals surface area contributed by atoms with E-state index in [1.807, 2.05) is 0 Å². The Balaban J connectivity index is 2.26. The van der Waals surface area contributed by atoms with Crippen molar-refractivity contribution in [2.24, 2.45) is 0 Å². The maximum Gasteiger partial charge on any atom is 0.187 e. The minimum atomic E-state index is -1.09. The Morgan fingerprint density at radius 3 is 2.35 bits per heavy atom. The van der Waals surface area contributed by atoms with Crippen LogP contribution in [0.2, 0.25) is 0 Å². The van der Waals surface area contributed by atoms with Gasteiger partial charge in [-0.3, -0.25) is 4.79 Å². The number of carbonyl (C=O) groups is 1. The minimum Gasteiger partial charge on any atom is -0.503 e. The maximum absolute atomic E-state index is 13.1. The molecule has 2 rings (SSSR count). The fourth-order valence-corrected chi connectivity index (χ4v) is 1.66. The first-order chi connectivity index (χ1) is 9.49. The van der Waals surface area contributed by atoms with Crippen LogP contribution in [0.3, 0.4) is 0 Å². The molecule has 0 unspecified atom stereocenters. The summed E-state index contributed by atoms with van der Waals surface area (Å²) in [5.74, 6) is -3.59. The van der Waals surface area contributed by atoms with Crippen molar-refractivity contribution < 1.29 is 18.7 Å². The van der Waals surface area contributed by atoms with Gasteiger partial charge in [0.15, 0.2) is 23.2 Å². The Morgan fingerprint density at radius 2 is 1.75 bits per heavy atom. The molecule has 3 N–H and O–H groups in total. The third-order valence-corrected chi connectivity index (χ3v) is 2.69. The second-order valence-electron chi connectivity index (χ2n) is 4.12. The summed E-state index contributed by atoms with van der Waals surface area (Å²) in [6, 6.07) is 8.35. The van der Waals surface area contributed by atoms with Crippen molar-refractivity contribution in [1.82, 2.24) is 0 Å². The van der Waals surface area contributed by atoms with Gasteiger partial charge in [-0.1, -0.05) is 18.2 Å². The van der Waals surface area contributed by atoms with Crippen molar-refractivity contribution in [1.29, 1.82) is 0 Å². The van der Waals surface area contributed by atoms with Crippen molar-refractivity contribution in [2.45, 2.75) is 0 Å². The van der Waals surface area contributed by atoms with Crippen LogP contribution in [0, 0.1) is 11.6 Å². The summed E-state index contributed by atoms with van der Waals surface area (Å²) in [5.41, 5.74) is 6.41. The molecule has 5 heteroatoms. The first-order valence-corrected chi connectivity index (χ1v) is 5.74. The van der Waals surface area contributed by atoms with Crippen LogP contribution in [-0.4, -0.2) is 10.9 Å². The molecule has 0 spiro atoms. The van der Waals surface area contributed by atoms with Gasteiger partial charge >= 0.3 is 0 Å². The summed E-state index contributed by atoms with van der Waals surface area (Å²) < 4.78 is 26.2.